The number of amides is 3. The highest BCUT2D eigenvalue weighted by Crippen LogP contribution is 2.25. The summed E-state index contributed by atoms with van der Waals surface area (Å²) in [5.74, 6) is -1.59. The van der Waals surface area contributed by atoms with E-state index in [9.17, 15) is 19.2 Å². The van der Waals surface area contributed by atoms with Crippen LogP contribution in [-0.2, 0) is 9.53 Å². The van der Waals surface area contributed by atoms with Gasteiger partial charge >= 0.3 is 5.97 Å². The highest BCUT2D eigenvalue weighted by atomic mass is 35.5. The highest BCUT2D eigenvalue weighted by Gasteiger charge is 2.34. The molecule has 3 amide bonds. The molecule has 144 valence electrons. The van der Waals surface area contributed by atoms with Gasteiger partial charge in [-0.1, -0.05) is 23.7 Å². The predicted octanol–water partition coefficient (Wildman–Crippen LogP) is 3.14. The molecule has 0 aromatic heterocycles. The Bertz CT molecular complexity index is 938. The van der Waals surface area contributed by atoms with E-state index in [-0.39, 0.29) is 47.0 Å². The van der Waals surface area contributed by atoms with E-state index >= 15 is 0 Å². The number of imide groups is 1. The minimum absolute atomic E-state index is 0.0756. The van der Waals surface area contributed by atoms with Crippen LogP contribution in [0.4, 0.5) is 5.69 Å². The fourth-order valence-electron chi connectivity index (χ4n) is 2.92. The van der Waals surface area contributed by atoms with Crippen molar-refractivity contribution in [3.8, 4) is 0 Å². The summed E-state index contributed by atoms with van der Waals surface area (Å²) >= 11 is 6.05. The summed E-state index contributed by atoms with van der Waals surface area (Å²) in [7, 11) is 1.26. The first-order valence-electron chi connectivity index (χ1n) is 8.55. The van der Waals surface area contributed by atoms with E-state index in [0.29, 0.717) is 17.5 Å². The molecule has 3 rings (SSSR count). The molecule has 8 heteroatoms. The third kappa shape index (κ3) is 3.89. The van der Waals surface area contributed by atoms with Gasteiger partial charge in [-0.15, -0.1) is 0 Å². The van der Waals surface area contributed by atoms with Crippen LogP contribution >= 0.6 is 11.6 Å². The Morgan fingerprint density at radius 3 is 2.32 bits per heavy atom. The van der Waals surface area contributed by atoms with Crippen LogP contribution in [0.5, 0.6) is 0 Å². The molecule has 0 unspecified atom stereocenters. The molecule has 1 aliphatic heterocycles. The third-order valence-electron chi connectivity index (χ3n) is 4.33. The van der Waals surface area contributed by atoms with Gasteiger partial charge in [0.25, 0.3) is 11.8 Å². The van der Waals surface area contributed by atoms with Crippen LogP contribution < -0.4 is 5.32 Å². The number of carbonyl (C=O) groups is 4. The minimum atomic E-state index is -0.544. The Kier molecular flexibility index (Phi) is 5.75. The fourth-order valence-corrected chi connectivity index (χ4v) is 3.08. The van der Waals surface area contributed by atoms with Gasteiger partial charge in [-0.3, -0.25) is 19.3 Å². The SMILES string of the molecule is COC(=O)c1ccc(Cl)c(NC(=O)CCCN2C(=O)c3ccccc3C2=O)c1. The van der Waals surface area contributed by atoms with E-state index < -0.39 is 5.97 Å². The zero-order valence-electron chi connectivity index (χ0n) is 15.0. The molecule has 1 heterocycles. The van der Waals surface area contributed by atoms with Crippen molar-refractivity contribution in [2.45, 2.75) is 12.8 Å². The van der Waals surface area contributed by atoms with Gasteiger partial charge in [0.2, 0.25) is 5.91 Å². The van der Waals surface area contributed by atoms with Crippen molar-refractivity contribution >= 4 is 41.0 Å². The molecule has 0 radical (unpaired) electrons. The van der Waals surface area contributed by atoms with Gasteiger partial charge in [0.1, 0.15) is 0 Å². The third-order valence-corrected chi connectivity index (χ3v) is 4.65. The number of nitrogens with one attached hydrogen (secondary N) is 1. The number of methoxy groups -OCH3 is 1. The van der Waals surface area contributed by atoms with E-state index in [2.05, 4.69) is 10.1 Å². The Hall–Kier alpha value is -3.19. The van der Waals surface area contributed by atoms with Crippen molar-refractivity contribution in [1.82, 2.24) is 4.90 Å². The second-order valence-electron chi connectivity index (χ2n) is 6.15. The lowest BCUT2D eigenvalue weighted by Crippen LogP contribution is -2.31. The number of esters is 1. The Balaban J connectivity index is 1.57. The molecule has 0 aliphatic carbocycles. The summed E-state index contributed by atoms with van der Waals surface area (Å²) < 4.78 is 4.64. The average molecular weight is 401 g/mol. The average Bonchev–Trinajstić information content (AvgIpc) is 2.94. The molecule has 0 fully saturated rings. The maximum atomic E-state index is 12.3. The van der Waals surface area contributed by atoms with Crippen LogP contribution in [0.3, 0.4) is 0 Å². The van der Waals surface area contributed by atoms with E-state index in [1.54, 1.807) is 24.3 Å². The van der Waals surface area contributed by atoms with Crippen LogP contribution in [0.15, 0.2) is 42.5 Å². The molecule has 0 saturated carbocycles. The van der Waals surface area contributed by atoms with Gasteiger partial charge < -0.3 is 10.1 Å². The van der Waals surface area contributed by atoms with Crippen molar-refractivity contribution in [3.63, 3.8) is 0 Å². The molecule has 2 aromatic rings. The van der Waals surface area contributed by atoms with Gasteiger partial charge in [-0.05, 0) is 36.8 Å². The van der Waals surface area contributed by atoms with Crippen LogP contribution in [0.2, 0.25) is 5.02 Å². The van der Waals surface area contributed by atoms with Crippen molar-refractivity contribution in [2.24, 2.45) is 0 Å². The number of rotatable bonds is 6. The molecule has 0 saturated heterocycles. The number of halogens is 1. The highest BCUT2D eigenvalue weighted by molar-refractivity contribution is 6.33. The lowest BCUT2D eigenvalue weighted by Gasteiger charge is -2.14. The first-order chi connectivity index (χ1) is 13.4. The van der Waals surface area contributed by atoms with Crippen LogP contribution in [0, 0.1) is 0 Å². The number of hydrogen-bond acceptors (Lipinski definition) is 5. The van der Waals surface area contributed by atoms with Crippen LogP contribution in [0.1, 0.15) is 43.9 Å². The monoisotopic (exact) mass is 400 g/mol. The fraction of sp³-hybridized carbons (Fsp3) is 0.200. The van der Waals surface area contributed by atoms with E-state index in [0.717, 1.165) is 4.90 Å². The van der Waals surface area contributed by atoms with Crippen molar-refractivity contribution in [2.75, 3.05) is 19.0 Å². The van der Waals surface area contributed by atoms with E-state index in [1.807, 2.05) is 0 Å². The molecule has 0 bridgehead atoms. The van der Waals surface area contributed by atoms with Gasteiger partial charge in [0.05, 0.1) is 34.5 Å². The predicted molar refractivity (Wildman–Crippen MR) is 102 cm³/mol. The molecule has 2 aromatic carbocycles. The van der Waals surface area contributed by atoms with Crippen molar-refractivity contribution in [3.05, 3.63) is 64.2 Å². The summed E-state index contributed by atoms with van der Waals surface area (Å²) in [6.45, 7) is 0.135. The van der Waals surface area contributed by atoms with Crippen molar-refractivity contribution in [1.29, 1.82) is 0 Å². The molecule has 1 N–H and O–H groups in total. The second-order valence-corrected chi connectivity index (χ2v) is 6.55. The number of anilines is 1. The normalized spacial score (nSPS) is 12.7. The number of benzene rings is 2. The molecular weight excluding hydrogens is 384 g/mol. The Morgan fingerprint density at radius 2 is 1.71 bits per heavy atom. The van der Waals surface area contributed by atoms with Gasteiger partial charge in [-0.25, -0.2) is 4.79 Å². The topological polar surface area (TPSA) is 92.8 Å². The number of hydrogen-bond donors (Lipinski definition) is 1. The van der Waals surface area contributed by atoms with Gasteiger partial charge in [0, 0.05) is 13.0 Å². The number of nitrogens with zero attached hydrogens (tertiary/aromatic N) is 1. The number of carbonyl (C=O) groups excluding carboxylic acids is 4. The Morgan fingerprint density at radius 1 is 1.07 bits per heavy atom. The quantitative estimate of drug-likeness (QED) is 0.594. The van der Waals surface area contributed by atoms with Crippen molar-refractivity contribution < 1.29 is 23.9 Å². The van der Waals surface area contributed by atoms with Gasteiger partial charge in [-0.2, -0.15) is 0 Å². The van der Waals surface area contributed by atoms with Crippen LogP contribution in [0.25, 0.3) is 0 Å². The second kappa shape index (κ2) is 8.22. The summed E-state index contributed by atoms with van der Waals surface area (Å²) in [4.78, 5) is 49.5. The van der Waals surface area contributed by atoms with E-state index in [4.69, 9.17) is 11.6 Å². The molecule has 28 heavy (non-hydrogen) atoms. The number of fused-ring (bicyclic) bond motifs is 1. The molecule has 0 atom stereocenters. The zero-order valence-corrected chi connectivity index (χ0v) is 15.8. The largest absolute Gasteiger partial charge is 0.465 e. The summed E-state index contributed by atoms with van der Waals surface area (Å²) in [6.07, 6.45) is 0.373. The summed E-state index contributed by atoms with van der Waals surface area (Å²) in [6, 6.07) is 11.0. The number of ether oxygens (including phenoxy) is 1. The maximum Gasteiger partial charge on any atom is 0.337 e. The first kappa shape index (κ1) is 19.6. The lowest BCUT2D eigenvalue weighted by molar-refractivity contribution is -0.116. The molecule has 1 aliphatic rings. The van der Waals surface area contributed by atoms with Gasteiger partial charge in [0.15, 0.2) is 0 Å². The summed E-state index contributed by atoms with van der Waals surface area (Å²) in [5.41, 5.74) is 1.30. The standard InChI is InChI=1S/C20H17ClN2O5/c1-28-20(27)12-8-9-15(21)16(11-12)22-17(24)7-4-10-23-18(25)13-5-2-3-6-14(13)19(23)26/h2-3,5-6,8-9,11H,4,7,10H2,1H3,(H,22,24). The summed E-state index contributed by atoms with van der Waals surface area (Å²) in [5, 5.41) is 2.91. The smallest absolute Gasteiger partial charge is 0.337 e. The Labute approximate surface area is 166 Å². The lowest BCUT2D eigenvalue weighted by atomic mass is 10.1. The van der Waals surface area contributed by atoms with E-state index in [1.165, 1.54) is 25.3 Å². The maximum absolute atomic E-state index is 12.3. The first-order valence-corrected chi connectivity index (χ1v) is 8.93. The molecule has 0 spiro atoms. The van der Waals surface area contributed by atoms with Crippen LogP contribution in [-0.4, -0.2) is 42.2 Å². The molecular formula is C20H17ClN2O5. The zero-order chi connectivity index (χ0) is 20.3. The molecule has 7 nitrogen and oxygen atoms in total. The minimum Gasteiger partial charge on any atom is -0.465 e.